The van der Waals surface area contributed by atoms with E-state index >= 15 is 0 Å². The zero-order chi connectivity index (χ0) is 25.6. The quantitative estimate of drug-likeness (QED) is 0.493. The molecule has 0 spiro atoms. The highest BCUT2D eigenvalue weighted by Gasteiger charge is 2.32. The summed E-state index contributed by atoms with van der Waals surface area (Å²) in [4.78, 5) is 27.7. The molecule has 2 amide bonds. The van der Waals surface area contributed by atoms with Crippen LogP contribution in [0.25, 0.3) is 0 Å². The van der Waals surface area contributed by atoms with E-state index in [2.05, 4.69) is 5.32 Å². The molecule has 1 atom stereocenters. The van der Waals surface area contributed by atoms with Crippen LogP contribution < -0.4 is 9.62 Å². The van der Waals surface area contributed by atoms with Crippen LogP contribution >= 0.6 is 0 Å². The van der Waals surface area contributed by atoms with Gasteiger partial charge in [-0.25, -0.2) is 8.42 Å². The smallest absolute Gasteiger partial charge is 0.264 e. The number of nitrogens with zero attached hydrogens (tertiary/aromatic N) is 2. The number of benzene rings is 3. The molecule has 7 nitrogen and oxygen atoms in total. The van der Waals surface area contributed by atoms with Crippen LogP contribution in [0.5, 0.6) is 0 Å². The zero-order valence-corrected chi connectivity index (χ0v) is 21.2. The molecule has 0 bridgehead atoms. The molecule has 0 aliphatic heterocycles. The van der Waals surface area contributed by atoms with E-state index in [1.807, 2.05) is 56.3 Å². The zero-order valence-electron chi connectivity index (χ0n) is 20.4. The highest BCUT2D eigenvalue weighted by atomic mass is 32.2. The lowest BCUT2D eigenvalue weighted by atomic mass is 10.1. The van der Waals surface area contributed by atoms with Gasteiger partial charge in [0.1, 0.15) is 12.6 Å². The Morgan fingerprint density at radius 3 is 2.09 bits per heavy atom. The second kappa shape index (κ2) is 11.2. The summed E-state index contributed by atoms with van der Waals surface area (Å²) >= 11 is 0. The number of hydrogen-bond acceptors (Lipinski definition) is 4. The third-order valence-corrected chi connectivity index (χ3v) is 7.61. The van der Waals surface area contributed by atoms with Gasteiger partial charge >= 0.3 is 0 Å². The number of likely N-dealkylation sites (N-methyl/N-ethyl adjacent to an activating group) is 1. The molecule has 0 aliphatic carbocycles. The predicted octanol–water partition coefficient (Wildman–Crippen LogP) is 3.66. The average molecular weight is 494 g/mol. The number of hydrogen-bond donors (Lipinski definition) is 1. The molecule has 8 heteroatoms. The SMILES string of the molecule is CNC(=O)C(C)N(Cc1ccccc1)C(=O)CN(c1ccc(C)cc1C)S(=O)(=O)c1ccccc1. The Kier molecular flexibility index (Phi) is 8.30. The first-order chi connectivity index (χ1) is 16.6. The lowest BCUT2D eigenvalue weighted by Gasteiger charge is -2.32. The van der Waals surface area contributed by atoms with Crippen LogP contribution in [0.1, 0.15) is 23.6 Å². The summed E-state index contributed by atoms with van der Waals surface area (Å²) in [6.07, 6.45) is 0. The maximum Gasteiger partial charge on any atom is 0.264 e. The number of carbonyl (C=O) groups is 2. The Morgan fingerprint density at radius 2 is 1.51 bits per heavy atom. The predicted molar refractivity (Wildman–Crippen MR) is 137 cm³/mol. The Labute approximate surface area is 207 Å². The van der Waals surface area contributed by atoms with Gasteiger partial charge < -0.3 is 10.2 Å². The summed E-state index contributed by atoms with van der Waals surface area (Å²) in [5.41, 5.74) is 2.96. The number of sulfonamides is 1. The molecule has 3 aromatic carbocycles. The Morgan fingerprint density at radius 1 is 0.914 bits per heavy atom. The third-order valence-electron chi connectivity index (χ3n) is 5.84. The van der Waals surface area contributed by atoms with Crippen LogP contribution in [-0.2, 0) is 26.2 Å². The summed E-state index contributed by atoms with van der Waals surface area (Å²) in [6.45, 7) is 5.09. The van der Waals surface area contributed by atoms with E-state index in [0.717, 1.165) is 21.0 Å². The van der Waals surface area contributed by atoms with Crippen LogP contribution in [0.15, 0.2) is 83.8 Å². The maximum absolute atomic E-state index is 13.7. The van der Waals surface area contributed by atoms with E-state index < -0.39 is 28.5 Å². The van der Waals surface area contributed by atoms with Gasteiger partial charge in [0.15, 0.2) is 0 Å². The van der Waals surface area contributed by atoms with Gasteiger partial charge in [0.05, 0.1) is 10.6 Å². The highest BCUT2D eigenvalue weighted by molar-refractivity contribution is 7.92. The van der Waals surface area contributed by atoms with Gasteiger partial charge in [-0.2, -0.15) is 0 Å². The molecular formula is C27H31N3O4S. The molecule has 0 aromatic heterocycles. The van der Waals surface area contributed by atoms with Crippen molar-refractivity contribution in [1.29, 1.82) is 0 Å². The summed E-state index contributed by atoms with van der Waals surface area (Å²) in [5.74, 6) is -0.817. The molecule has 0 saturated carbocycles. The van der Waals surface area contributed by atoms with Crippen LogP contribution in [0.4, 0.5) is 5.69 Å². The minimum Gasteiger partial charge on any atom is -0.357 e. The first-order valence-electron chi connectivity index (χ1n) is 11.3. The van der Waals surface area contributed by atoms with Crippen molar-refractivity contribution in [2.75, 3.05) is 17.9 Å². The van der Waals surface area contributed by atoms with Crippen LogP contribution in [0.3, 0.4) is 0 Å². The molecule has 0 saturated heterocycles. The minimum atomic E-state index is -4.06. The van der Waals surface area contributed by atoms with Crippen LogP contribution in [0, 0.1) is 13.8 Å². The number of anilines is 1. The summed E-state index contributed by atoms with van der Waals surface area (Å²) in [6, 6.07) is 21.9. The Hall–Kier alpha value is -3.65. The Balaban J connectivity index is 2.05. The van der Waals surface area contributed by atoms with Crippen molar-refractivity contribution in [3.63, 3.8) is 0 Å². The van der Waals surface area contributed by atoms with Crippen molar-refractivity contribution in [2.45, 2.75) is 38.3 Å². The minimum absolute atomic E-state index is 0.0849. The second-order valence-corrected chi connectivity index (χ2v) is 10.3. The van der Waals surface area contributed by atoms with E-state index in [4.69, 9.17) is 0 Å². The van der Waals surface area contributed by atoms with Crippen molar-refractivity contribution in [2.24, 2.45) is 0 Å². The van der Waals surface area contributed by atoms with Crippen molar-refractivity contribution >= 4 is 27.5 Å². The maximum atomic E-state index is 13.7. The molecule has 3 rings (SSSR count). The number of carbonyl (C=O) groups excluding carboxylic acids is 2. The van der Waals surface area contributed by atoms with E-state index in [9.17, 15) is 18.0 Å². The van der Waals surface area contributed by atoms with Gasteiger partial charge in [-0.15, -0.1) is 0 Å². The van der Waals surface area contributed by atoms with Gasteiger partial charge in [-0.1, -0.05) is 66.2 Å². The standard InChI is InChI=1S/C27H31N3O4S/c1-20-15-16-25(21(2)17-20)30(35(33,34)24-13-9-6-10-14-24)19-26(31)29(22(3)27(32)28-4)18-23-11-7-5-8-12-23/h5-17,22H,18-19H2,1-4H3,(H,28,32). The van der Waals surface area contributed by atoms with Gasteiger partial charge in [0, 0.05) is 13.6 Å². The summed E-state index contributed by atoms with van der Waals surface area (Å²) in [5, 5.41) is 2.58. The fraction of sp³-hybridized carbons (Fsp3) is 0.259. The van der Waals surface area contributed by atoms with Crippen molar-refractivity contribution in [3.8, 4) is 0 Å². The molecule has 0 fully saturated rings. The summed E-state index contributed by atoms with van der Waals surface area (Å²) < 4.78 is 28.6. The van der Waals surface area contributed by atoms with Gasteiger partial charge in [-0.3, -0.25) is 13.9 Å². The van der Waals surface area contributed by atoms with Gasteiger partial charge in [0.25, 0.3) is 10.0 Å². The molecule has 1 N–H and O–H groups in total. The summed E-state index contributed by atoms with van der Waals surface area (Å²) in [7, 11) is -2.55. The van der Waals surface area contributed by atoms with Gasteiger partial charge in [0.2, 0.25) is 11.8 Å². The molecule has 35 heavy (non-hydrogen) atoms. The molecule has 1 unspecified atom stereocenters. The van der Waals surface area contributed by atoms with Crippen LogP contribution in [0.2, 0.25) is 0 Å². The van der Waals surface area contributed by atoms with E-state index in [-0.39, 0.29) is 17.3 Å². The topological polar surface area (TPSA) is 86.8 Å². The van der Waals surface area contributed by atoms with E-state index in [0.29, 0.717) is 5.69 Å². The fourth-order valence-corrected chi connectivity index (χ4v) is 5.39. The molecule has 0 heterocycles. The van der Waals surface area contributed by atoms with Crippen molar-refractivity contribution in [3.05, 3.63) is 95.6 Å². The lowest BCUT2D eigenvalue weighted by molar-refractivity contribution is -0.139. The number of rotatable bonds is 9. The average Bonchev–Trinajstić information content (AvgIpc) is 2.86. The molecule has 0 aliphatic rings. The van der Waals surface area contributed by atoms with E-state index in [1.165, 1.54) is 24.1 Å². The molecule has 3 aromatic rings. The first kappa shape index (κ1) is 26.0. The molecule has 184 valence electrons. The fourth-order valence-electron chi connectivity index (χ4n) is 3.89. The first-order valence-corrected chi connectivity index (χ1v) is 12.8. The normalized spacial score (nSPS) is 12.0. The van der Waals surface area contributed by atoms with Crippen molar-refractivity contribution in [1.82, 2.24) is 10.2 Å². The van der Waals surface area contributed by atoms with Gasteiger partial charge in [-0.05, 0) is 50.1 Å². The lowest BCUT2D eigenvalue weighted by Crippen LogP contribution is -2.50. The van der Waals surface area contributed by atoms with Crippen LogP contribution in [-0.4, -0.2) is 44.8 Å². The van der Waals surface area contributed by atoms with E-state index in [1.54, 1.807) is 31.2 Å². The monoisotopic (exact) mass is 493 g/mol. The largest absolute Gasteiger partial charge is 0.357 e. The highest BCUT2D eigenvalue weighted by Crippen LogP contribution is 2.28. The number of aryl methyl sites for hydroxylation is 2. The number of nitrogens with one attached hydrogen (secondary N) is 1. The molecule has 0 radical (unpaired) electrons. The third kappa shape index (κ3) is 6.08. The van der Waals surface area contributed by atoms with Crippen molar-refractivity contribution < 1.29 is 18.0 Å². The number of amides is 2. The molecular weight excluding hydrogens is 462 g/mol. The second-order valence-electron chi connectivity index (χ2n) is 8.41. The Bertz CT molecular complexity index is 1280.